The van der Waals surface area contributed by atoms with Gasteiger partial charge >= 0.3 is 0 Å². The number of hydrogen-bond acceptors (Lipinski definition) is 3. The van der Waals surface area contributed by atoms with Crippen molar-refractivity contribution in [3.63, 3.8) is 0 Å². The van der Waals surface area contributed by atoms with Crippen molar-refractivity contribution in [2.75, 3.05) is 36.6 Å². The zero-order chi connectivity index (χ0) is 14.0. The molecule has 0 aliphatic heterocycles. The lowest BCUT2D eigenvalue weighted by Crippen LogP contribution is -2.31. The third-order valence-electron chi connectivity index (χ3n) is 3.06. The molecule has 0 aliphatic carbocycles. The summed E-state index contributed by atoms with van der Waals surface area (Å²) in [6, 6.07) is 20.6. The molecular weight excluding hydrogens is 248 g/mol. The molecule has 0 saturated carbocycles. The number of nitrogens with one attached hydrogen (secondary N) is 1. The monoisotopic (exact) mass is 270 g/mol. The highest BCUT2D eigenvalue weighted by molar-refractivity contribution is 5.47. The van der Waals surface area contributed by atoms with Gasteiger partial charge in [-0.05, 0) is 31.2 Å². The van der Waals surface area contributed by atoms with Crippen LogP contribution in [0.2, 0.25) is 0 Å². The Hall–Kier alpha value is -2.00. The van der Waals surface area contributed by atoms with Crippen LogP contribution in [-0.2, 0) is 4.74 Å². The first-order valence-electron chi connectivity index (χ1n) is 7.07. The van der Waals surface area contributed by atoms with Crippen LogP contribution < -0.4 is 10.2 Å². The molecule has 2 rings (SSSR count). The molecular formula is C17H22N2O. The van der Waals surface area contributed by atoms with Crippen LogP contribution in [-0.4, -0.2) is 26.4 Å². The fourth-order valence-corrected chi connectivity index (χ4v) is 2.00. The minimum atomic E-state index is 0.622. The number of hydrogen-bond donors (Lipinski definition) is 1. The van der Waals surface area contributed by atoms with Gasteiger partial charge in [-0.25, -0.2) is 0 Å². The average Bonchev–Trinajstić information content (AvgIpc) is 2.52. The summed E-state index contributed by atoms with van der Waals surface area (Å²) >= 11 is 0. The maximum Gasteiger partial charge on any atom is 0.118 e. The van der Waals surface area contributed by atoms with Gasteiger partial charge in [-0.2, -0.15) is 0 Å². The summed E-state index contributed by atoms with van der Waals surface area (Å²) < 4.78 is 5.55. The second-order valence-corrected chi connectivity index (χ2v) is 4.51. The summed E-state index contributed by atoms with van der Waals surface area (Å²) in [4.78, 5) is 2.24. The van der Waals surface area contributed by atoms with Gasteiger partial charge in [0, 0.05) is 31.1 Å². The predicted octanol–water partition coefficient (Wildman–Crippen LogP) is 3.60. The molecule has 2 aromatic carbocycles. The minimum Gasteiger partial charge on any atom is -0.383 e. The van der Waals surface area contributed by atoms with Gasteiger partial charge in [0.15, 0.2) is 0 Å². The zero-order valence-electron chi connectivity index (χ0n) is 12.0. The molecule has 0 atom stereocenters. The van der Waals surface area contributed by atoms with Gasteiger partial charge in [0.1, 0.15) is 6.73 Å². The molecule has 3 heteroatoms. The van der Waals surface area contributed by atoms with E-state index in [1.165, 1.54) is 5.69 Å². The second kappa shape index (κ2) is 8.23. The SMILES string of the molecule is CCOCN(CCNc1ccccc1)c1ccccc1. The molecule has 0 heterocycles. The summed E-state index contributed by atoms with van der Waals surface area (Å²) in [5.74, 6) is 0. The largest absolute Gasteiger partial charge is 0.383 e. The van der Waals surface area contributed by atoms with Crippen LogP contribution in [0.3, 0.4) is 0 Å². The van der Waals surface area contributed by atoms with Crippen molar-refractivity contribution >= 4 is 11.4 Å². The standard InChI is InChI=1S/C17H22N2O/c1-2-20-15-19(17-11-7-4-8-12-17)14-13-18-16-9-5-3-6-10-16/h3-12,18H,2,13-15H2,1H3. The minimum absolute atomic E-state index is 0.622. The van der Waals surface area contributed by atoms with Crippen molar-refractivity contribution in [2.45, 2.75) is 6.92 Å². The van der Waals surface area contributed by atoms with E-state index in [-0.39, 0.29) is 0 Å². The molecule has 106 valence electrons. The van der Waals surface area contributed by atoms with Gasteiger partial charge in [0.2, 0.25) is 0 Å². The highest BCUT2D eigenvalue weighted by Gasteiger charge is 2.05. The smallest absolute Gasteiger partial charge is 0.118 e. The van der Waals surface area contributed by atoms with Gasteiger partial charge < -0.3 is 15.0 Å². The number of nitrogens with zero attached hydrogens (tertiary/aromatic N) is 1. The summed E-state index contributed by atoms with van der Waals surface area (Å²) in [5, 5.41) is 3.42. The number of ether oxygens (including phenoxy) is 1. The quantitative estimate of drug-likeness (QED) is 0.742. The van der Waals surface area contributed by atoms with Crippen LogP contribution in [0, 0.1) is 0 Å². The van der Waals surface area contributed by atoms with Gasteiger partial charge in [0.25, 0.3) is 0 Å². The Kier molecular flexibility index (Phi) is 5.93. The summed E-state index contributed by atoms with van der Waals surface area (Å²) in [7, 11) is 0. The Morgan fingerprint density at radius 3 is 2.25 bits per heavy atom. The first-order valence-corrected chi connectivity index (χ1v) is 7.07. The van der Waals surface area contributed by atoms with Crippen molar-refractivity contribution in [2.24, 2.45) is 0 Å². The van der Waals surface area contributed by atoms with E-state index in [2.05, 4.69) is 46.6 Å². The molecule has 0 unspecified atom stereocenters. The molecule has 0 spiro atoms. The fourth-order valence-electron chi connectivity index (χ4n) is 2.00. The summed E-state index contributed by atoms with van der Waals surface area (Å²) in [6.07, 6.45) is 0. The Balaban J connectivity index is 1.88. The normalized spacial score (nSPS) is 10.2. The maximum atomic E-state index is 5.55. The third kappa shape index (κ3) is 4.59. The molecule has 0 radical (unpaired) electrons. The zero-order valence-corrected chi connectivity index (χ0v) is 12.0. The molecule has 20 heavy (non-hydrogen) atoms. The van der Waals surface area contributed by atoms with E-state index in [9.17, 15) is 0 Å². The van der Waals surface area contributed by atoms with Crippen molar-refractivity contribution in [1.29, 1.82) is 0 Å². The molecule has 2 aromatic rings. The van der Waals surface area contributed by atoms with Gasteiger partial charge in [-0.3, -0.25) is 0 Å². The van der Waals surface area contributed by atoms with Crippen LogP contribution in [0.5, 0.6) is 0 Å². The van der Waals surface area contributed by atoms with Crippen molar-refractivity contribution in [1.82, 2.24) is 0 Å². The molecule has 0 aromatic heterocycles. The molecule has 3 nitrogen and oxygen atoms in total. The Labute approximate surface area is 121 Å². The average molecular weight is 270 g/mol. The van der Waals surface area contributed by atoms with E-state index < -0.39 is 0 Å². The van der Waals surface area contributed by atoms with Gasteiger partial charge in [-0.15, -0.1) is 0 Å². The predicted molar refractivity (Wildman–Crippen MR) is 85.2 cm³/mol. The highest BCUT2D eigenvalue weighted by atomic mass is 16.5. The molecule has 1 N–H and O–H groups in total. The Bertz CT molecular complexity index is 473. The van der Waals surface area contributed by atoms with Crippen LogP contribution >= 0.6 is 0 Å². The summed E-state index contributed by atoms with van der Waals surface area (Å²) in [6.45, 7) is 5.16. The first-order chi connectivity index (χ1) is 9.90. The Morgan fingerprint density at radius 1 is 0.950 bits per heavy atom. The first kappa shape index (κ1) is 14.4. The topological polar surface area (TPSA) is 24.5 Å². The van der Waals surface area contributed by atoms with E-state index in [4.69, 9.17) is 4.74 Å². The molecule has 0 fully saturated rings. The van der Waals surface area contributed by atoms with Crippen LogP contribution in [0.25, 0.3) is 0 Å². The van der Waals surface area contributed by atoms with E-state index in [1.54, 1.807) is 0 Å². The molecule has 0 amide bonds. The number of para-hydroxylation sites is 2. The van der Waals surface area contributed by atoms with E-state index in [0.29, 0.717) is 6.73 Å². The Morgan fingerprint density at radius 2 is 1.60 bits per heavy atom. The van der Waals surface area contributed by atoms with E-state index in [0.717, 1.165) is 25.4 Å². The van der Waals surface area contributed by atoms with Crippen LogP contribution in [0.15, 0.2) is 60.7 Å². The number of anilines is 2. The van der Waals surface area contributed by atoms with Crippen molar-refractivity contribution in [3.8, 4) is 0 Å². The van der Waals surface area contributed by atoms with Gasteiger partial charge in [0.05, 0.1) is 0 Å². The van der Waals surface area contributed by atoms with Gasteiger partial charge in [-0.1, -0.05) is 36.4 Å². The fraction of sp³-hybridized carbons (Fsp3) is 0.294. The lowest BCUT2D eigenvalue weighted by Gasteiger charge is -2.24. The van der Waals surface area contributed by atoms with Crippen LogP contribution in [0.1, 0.15) is 6.92 Å². The number of benzene rings is 2. The second-order valence-electron chi connectivity index (χ2n) is 4.51. The lowest BCUT2D eigenvalue weighted by molar-refractivity contribution is 0.148. The summed E-state index contributed by atoms with van der Waals surface area (Å²) in [5.41, 5.74) is 2.34. The third-order valence-corrected chi connectivity index (χ3v) is 3.06. The lowest BCUT2D eigenvalue weighted by atomic mass is 10.3. The maximum absolute atomic E-state index is 5.55. The van der Waals surface area contributed by atoms with E-state index >= 15 is 0 Å². The number of rotatable bonds is 8. The molecule has 0 bridgehead atoms. The van der Waals surface area contributed by atoms with Crippen LogP contribution in [0.4, 0.5) is 11.4 Å². The highest BCUT2D eigenvalue weighted by Crippen LogP contribution is 2.13. The molecule has 0 saturated heterocycles. The van der Waals surface area contributed by atoms with E-state index in [1.807, 2.05) is 31.2 Å². The molecule has 0 aliphatic rings. The van der Waals surface area contributed by atoms with Crippen molar-refractivity contribution in [3.05, 3.63) is 60.7 Å². The van der Waals surface area contributed by atoms with Crippen molar-refractivity contribution < 1.29 is 4.74 Å².